The van der Waals surface area contributed by atoms with Crippen LogP contribution in [0.15, 0.2) is 18.2 Å². The van der Waals surface area contributed by atoms with Crippen molar-refractivity contribution in [1.82, 2.24) is 5.32 Å². The fourth-order valence-electron chi connectivity index (χ4n) is 1.13. The van der Waals surface area contributed by atoms with Crippen LogP contribution in [0, 0.1) is 5.82 Å². The van der Waals surface area contributed by atoms with Crippen molar-refractivity contribution < 1.29 is 14.0 Å². The zero-order valence-corrected chi connectivity index (χ0v) is 8.50. The number of halogens is 1. The predicted octanol–water partition coefficient (Wildman–Crippen LogP) is 0.0131. The van der Waals surface area contributed by atoms with Gasteiger partial charge in [-0.3, -0.25) is 9.59 Å². The smallest absolute Gasteiger partial charge is 0.253 e. The molecule has 1 aromatic carbocycles. The fourth-order valence-corrected chi connectivity index (χ4v) is 1.13. The van der Waals surface area contributed by atoms with Crippen molar-refractivity contribution in [2.45, 2.75) is 6.42 Å². The molecule has 0 atom stereocenters. The number of carbonyl (C=O) groups excluding carboxylic acids is 2. The van der Waals surface area contributed by atoms with Gasteiger partial charge in [-0.15, -0.1) is 0 Å². The minimum Gasteiger partial charge on any atom is -0.398 e. The third kappa shape index (κ3) is 3.23. The van der Waals surface area contributed by atoms with E-state index in [4.69, 9.17) is 11.5 Å². The predicted molar refractivity (Wildman–Crippen MR) is 57.0 cm³/mol. The summed E-state index contributed by atoms with van der Waals surface area (Å²) in [5, 5.41) is 2.45. The molecule has 0 heterocycles. The summed E-state index contributed by atoms with van der Waals surface area (Å²) in [6, 6.07) is 3.48. The van der Waals surface area contributed by atoms with E-state index in [0.29, 0.717) is 0 Å². The molecular weight excluding hydrogens is 213 g/mol. The highest BCUT2D eigenvalue weighted by Crippen LogP contribution is 2.12. The molecule has 16 heavy (non-hydrogen) atoms. The largest absolute Gasteiger partial charge is 0.398 e. The average molecular weight is 225 g/mol. The van der Waals surface area contributed by atoms with Gasteiger partial charge in [0.2, 0.25) is 5.91 Å². The van der Waals surface area contributed by atoms with Crippen LogP contribution in [-0.2, 0) is 4.79 Å². The summed E-state index contributed by atoms with van der Waals surface area (Å²) < 4.78 is 12.7. The molecular formula is C10H12FN3O2. The van der Waals surface area contributed by atoms with Gasteiger partial charge in [0, 0.05) is 18.7 Å². The van der Waals surface area contributed by atoms with Gasteiger partial charge in [-0.05, 0) is 18.2 Å². The normalized spacial score (nSPS) is 9.81. The van der Waals surface area contributed by atoms with Gasteiger partial charge in [-0.1, -0.05) is 0 Å². The molecule has 2 amide bonds. The van der Waals surface area contributed by atoms with E-state index in [0.717, 1.165) is 12.1 Å². The number of rotatable bonds is 4. The Hall–Kier alpha value is -2.11. The molecule has 0 aromatic heterocycles. The van der Waals surface area contributed by atoms with Crippen molar-refractivity contribution >= 4 is 17.5 Å². The maximum atomic E-state index is 12.7. The molecule has 6 heteroatoms. The lowest BCUT2D eigenvalue weighted by molar-refractivity contribution is -0.117. The molecule has 1 rings (SSSR count). The maximum absolute atomic E-state index is 12.7. The van der Waals surface area contributed by atoms with Crippen LogP contribution in [-0.4, -0.2) is 18.4 Å². The van der Waals surface area contributed by atoms with E-state index < -0.39 is 17.6 Å². The van der Waals surface area contributed by atoms with Crippen molar-refractivity contribution in [3.63, 3.8) is 0 Å². The Morgan fingerprint density at radius 2 is 2.06 bits per heavy atom. The van der Waals surface area contributed by atoms with Crippen LogP contribution >= 0.6 is 0 Å². The van der Waals surface area contributed by atoms with Crippen LogP contribution in [0.5, 0.6) is 0 Å². The second-order valence-electron chi connectivity index (χ2n) is 3.20. The monoisotopic (exact) mass is 225 g/mol. The number of benzene rings is 1. The fraction of sp³-hybridized carbons (Fsp3) is 0.200. The lowest BCUT2D eigenvalue weighted by Gasteiger charge is -2.06. The highest BCUT2D eigenvalue weighted by molar-refractivity contribution is 5.99. The molecule has 86 valence electrons. The second kappa shape index (κ2) is 5.11. The third-order valence-corrected chi connectivity index (χ3v) is 1.92. The zero-order chi connectivity index (χ0) is 12.1. The number of carbonyl (C=O) groups is 2. The minimum absolute atomic E-state index is 0.0485. The van der Waals surface area contributed by atoms with Crippen LogP contribution in [0.4, 0.5) is 10.1 Å². The maximum Gasteiger partial charge on any atom is 0.253 e. The number of hydrogen-bond acceptors (Lipinski definition) is 3. The van der Waals surface area contributed by atoms with E-state index in [1.165, 1.54) is 6.07 Å². The molecule has 5 N–H and O–H groups in total. The second-order valence-corrected chi connectivity index (χ2v) is 3.20. The summed E-state index contributed by atoms with van der Waals surface area (Å²) >= 11 is 0. The Labute approximate surface area is 91.6 Å². The van der Waals surface area contributed by atoms with E-state index in [1.54, 1.807) is 0 Å². The third-order valence-electron chi connectivity index (χ3n) is 1.92. The summed E-state index contributed by atoms with van der Waals surface area (Å²) in [5.41, 5.74) is 10.6. The average Bonchev–Trinajstić information content (AvgIpc) is 2.16. The van der Waals surface area contributed by atoms with Crippen LogP contribution < -0.4 is 16.8 Å². The molecule has 0 unspecified atom stereocenters. The molecule has 1 aromatic rings. The van der Waals surface area contributed by atoms with Crippen molar-refractivity contribution in [1.29, 1.82) is 0 Å². The lowest BCUT2D eigenvalue weighted by Crippen LogP contribution is -2.28. The summed E-state index contributed by atoms with van der Waals surface area (Å²) in [6.07, 6.45) is 0.0485. The number of nitrogen functional groups attached to an aromatic ring is 1. The summed E-state index contributed by atoms with van der Waals surface area (Å²) in [5.74, 6) is -1.47. The number of nitrogens with one attached hydrogen (secondary N) is 1. The van der Waals surface area contributed by atoms with Gasteiger partial charge in [0.1, 0.15) is 5.82 Å². The Morgan fingerprint density at radius 3 is 2.62 bits per heavy atom. The van der Waals surface area contributed by atoms with Crippen molar-refractivity contribution in [2.24, 2.45) is 5.73 Å². The minimum atomic E-state index is -0.508. The number of hydrogen-bond donors (Lipinski definition) is 3. The van der Waals surface area contributed by atoms with E-state index in [1.807, 2.05) is 0 Å². The topological polar surface area (TPSA) is 98.2 Å². The standard InChI is InChI=1S/C10H12FN3O2/c11-6-1-2-7(8(12)5-6)10(16)14-4-3-9(13)15/h1-2,5H,3-4,12H2,(H2,13,15)(H,14,16). The van der Waals surface area contributed by atoms with Crippen molar-refractivity contribution in [3.8, 4) is 0 Å². The number of anilines is 1. The quantitative estimate of drug-likeness (QED) is 0.629. The van der Waals surface area contributed by atoms with E-state index in [2.05, 4.69) is 5.32 Å². The summed E-state index contributed by atoms with van der Waals surface area (Å²) in [7, 11) is 0. The van der Waals surface area contributed by atoms with Gasteiger partial charge in [-0.2, -0.15) is 0 Å². The van der Waals surface area contributed by atoms with Crippen LogP contribution in [0.1, 0.15) is 16.8 Å². The molecule has 5 nitrogen and oxygen atoms in total. The SMILES string of the molecule is NC(=O)CCNC(=O)c1ccc(F)cc1N. The first-order valence-corrected chi connectivity index (χ1v) is 4.62. The first-order chi connectivity index (χ1) is 7.50. The Bertz CT molecular complexity index is 421. The van der Waals surface area contributed by atoms with Crippen molar-refractivity contribution in [3.05, 3.63) is 29.6 Å². The highest BCUT2D eigenvalue weighted by Gasteiger charge is 2.09. The molecule has 0 aliphatic heterocycles. The molecule has 0 bridgehead atoms. The van der Waals surface area contributed by atoms with Gasteiger partial charge in [0.15, 0.2) is 0 Å². The van der Waals surface area contributed by atoms with Crippen LogP contribution in [0.3, 0.4) is 0 Å². The Balaban J connectivity index is 2.63. The number of nitrogens with two attached hydrogens (primary N) is 2. The number of amides is 2. The van der Waals surface area contributed by atoms with Gasteiger partial charge < -0.3 is 16.8 Å². The molecule has 0 aliphatic rings. The van der Waals surface area contributed by atoms with Crippen molar-refractivity contribution in [2.75, 3.05) is 12.3 Å². The lowest BCUT2D eigenvalue weighted by atomic mass is 10.1. The summed E-state index contributed by atoms with van der Waals surface area (Å²) in [4.78, 5) is 21.9. The van der Waals surface area contributed by atoms with Gasteiger partial charge in [-0.25, -0.2) is 4.39 Å². The highest BCUT2D eigenvalue weighted by atomic mass is 19.1. The van der Waals surface area contributed by atoms with Gasteiger partial charge >= 0.3 is 0 Å². The van der Waals surface area contributed by atoms with E-state index >= 15 is 0 Å². The molecule has 0 radical (unpaired) electrons. The first kappa shape index (κ1) is 12.0. The molecule has 0 fully saturated rings. The Morgan fingerprint density at radius 1 is 1.38 bits per heavy atom. The Kier molecular flexibility index (Phi) is 3.82. The van der Waals surface area contributed by atoms with Gasteiger partial charge in [0.05, 0.1) is 5.56 Å². The zero-order valence-electron chi connectivity index (χ0n) is 8.50. The molecule has 0 aliphatic carbocycles. The number of primary amides is 1. The molecule has 0 spiro atoms. The van der Waals surface area contributed by atoms with E-state index in [-0.39, 0.29) is 24.2 Å². The molecule has 0 saturated heterocycles. The van der Waals surface area contributed by atoms with Crippen LogP contribution in [0.25, 0.3) is 0 Å². The molecule has 0 saturated carbocycles. The van der Waals surface area contributed by atoms with Crippen LogP contribution in [0.2, 0.25) is 0 Å². The van der Waals surface area contributed by atoms with E-state index in [9.17, 15) is 14.0 Å². The van der Waals surface area contributed by atoms with Gasteiger partial charge in [0.25, 0.3) is 5.91 Å². The summed E-state index contributed by atoms with van der Waals surface area (Å²) in [6.45, 7) is 0.130. The first-order valence-electron chi connectivity index (χ1n) is 4.62.